The molecule has 0 aliphatic heterocycles. The molecule has 22 heavy (non-hydrogen) atoms. The summed E-state index contributed by atoms with van der Waals surface area (Å²) in [5, 5.41) is 2.83. The van der Waals surface area contributed by atoms with Crippen LogP contribution in [0, 0.1) is 0 Å². The number of amides is 1. The maximum Gasteiger partial charge on any atom is 0.229 e. The molecule has 1 amide bonds. The largest absolute Gasteiger partial charge is 0.371 e. The van der Waals surface area contributed by atoms with Gasteiger partial charge in [-0.15, -0.1) is 0 Å². The number of hydrogen-bond acceptors (Lipinski definition) is 3. The van der Waals surface area contributed by atoms with Crippen LogP contribution in [0.5, 0.6) is 0 Å². The summed E-state index contributed by atoms with van der Waals surface area (Å²) >= 11 is 3.45. The number of nitrogens with zero attached hydrogens (tertiary/aromatic N) is 2. The van der Waals surface area contributed by atoms with E-state index < -0.39 is 0 Å². The van der Waals surface area contributed by atoms with Gasteiger partial charge in [0.05, 0.1) is 18.3 Å². The van der Waals surface area contributed by atoms with Crippen molar-refractivity contribution >= 4 is 33.3 Å². The smallest absolute Gasteiger partial charge is 0.229 e. The lowest BCUT2D eigenvalue weighted by molar-refractivity contribution is -0.115. The highest BCUT2D eigenvalue weighted by atomic mass is 79.9. The molecular weight excluding hydrogens is 342 g/mol. The van der Waals surface area contributed by atoms with Crippen molar-refractivity contribution < 1.29 is 4.79 Å². The van der Waals surface area contributed by atoms with Crippen LogP contribution < -0.4 is 10.2 Å². The van der Waals surface area contributed by atoms with Gasteiger partial charge in [-0.05, 0) is 37.6 Å². The maximum absolute atomic E-state index is 12.1. The maximum atomic E-state index is 12.1. The molecule has 1 aromatic heterocycles. The second-order valence-electron chi connectivity index (χ2n) is 4.89. The molecule has 0 spiro atoms. The predicted molar refractivity (Wildman–Crippen MR) is 94.3 cm³/mol. The molecule has 0 aliphatic carbocycles. The molecule has 0 saturated heterocycles. The first-order valence-corrected chi connectivity index (χ1v) is 8.17. The summed E-state index contributed by atoms with van der Waals surface area (Å²) in [5.41, 5.74) is 2.02. The quantitative estimate of drug-likeness (QED) is 0.849. The Balaban J connectivity index is 1.99. The number of anilines is 2. The average molecular weight is 362 g/mol. The first-order valence-electron chi connectivity index (χ1n) is 7.38. The highest BCUT2D eigenvalue weighted by Gasteiger charge is 2.08. The molecule has 0 fully saturated rings. The van der Waals surface area contributed by atoms with E-state index >= 15 is 0 Å². The predicted octanol–water partition coefficient (Wildman–Crippen LogP) is 3.87. The Labute approximate surface area is 139 Å². The number of rotatable bonds is 6. The van der Waals surface area contributed by atoms with E-state index in [9.17, 15) is 4.79 Å². The average Bonchev–Trinajstić information content (AvgIpc) is 2.52. The molecule has 1 N–H and O–H groups in total. The van der Waals surface area contributed by atoms with Crippen molar-refractivity contribution in [1.82, 2.24) is 4.98 Å². The zero-order valence-corrected chi connectivity index (χ0v) is 14.4. The normalized spacial score (nSPS) is 10.3. The summed E-state index contributed by atoms with van der Waals surface area (Å²) < 4.78 is 0.940. The van der Waals surface area contributed by atoms with Crippen LogP contribution in [0.2, 0.25) is 0 Å². The van der Waals surface area contributed by atoms with Gasteiger partial charge < -0.3 is 10.2 Å². The Morgan fingerprint density at radius 2 is 1.91 bits per heavy atom. The minimum atomic E-state index is -0.0741. The van der Waals surface area contributed by atoms with Gasteiger partial charge in [-0.3, -0.25) is 4.79 Å². The van der Waals surface area contributed by atoms with Crippen LogP contribution >= 0.6 is 15.9 Å². The van der Waals surface area contributed by atoms with Gasteiger partial charge in [0.1, 0.15) is 5.82 Å². The van der Waals surface area contributed by atoms with Crippen LogP contribution in [-0.2, 0) is 11.2 Å². The lowest BCUT2D eigenvalue weighted by Gasteiger charge is -2.20. The Kier molecular flexibility index (Phi) is 5.95. The molecule has 0 bridgehead atoms. The summed E-state index contributed by atoms with van der Waals surface area (Å²) in [4.78, 5) is 18.6. The topological polar surface area (TPSA) is 45.2 Å². The number of pyridine rings is 1. The Bertz CT molecular complexity index is 624. The Morgan fingerprint density at radius 3 is 2.50 bits per heavy atom. The van der Waals surface area contributed by atoms with Gasteiger partial charge >= 0.3 is 0 Å². The summed E-state index contributed by atoms with van der Waals surface area (Å²) in [6, 6.07) is 11.5. The van der Waals surface area contributed by atoms with E-state index in [-0.39, 0.29) is 5.91 Å². The van der Waals surface area contributed by atoms with Crippen LogP contribution in [0.3, 0.4) is 0 Å². The van der Waals surface area contributed by atoms with Gasteiger partial charge in [0.15, 0.2) is 0 Å². The molecule has 2 aromatic rings. The molecule has 4 nitrogen and oxygen atoms in total. The van der Waals surface area contributed by atoms with Gasteiger partial charge in [-0.2, -0.15) is 0 Å². The first kappa shape index (κ1) is 16.5. The van der Waals surface area contributed by atoms with Crippen molar-refractivity contribution in [2.45, 2.75) is 20.3 Å². The van der Waals surface area contributed by atoms with Crippen LogP contribution in [0.15, 0.2) is 47.1 Å². The number of hydrogen-bond donors (Lipinski definition) is 1. The number of halogens is 1. The molecule has 5 heteroatoms. The number of nitrogens with one attached hydrogen (secondary N) is 1. The third-order valence-corrected chi connectivity index (χ3v) is 4.23. The number of aromatic nitrogens is 1. The Hall–Kier alpha value is -1.88. The SMILES string of the molecule is CCN(CC)c1ccc(NC(=O)Cc2ccccc2Br)nc1. The number of carbonyl (C=O) groups excluding carboxylic acids is 1. The standard InChI is InChI=1S/C17H20BrN3O/c1-3-21(4-2)14-9-10-16(19-12-14)20-17(22)11-13-7-5-6-8-15(13)18/h5-10,12H,3-4,11H2,1-2H3,(H,19,20,22). The molecule has 2 rings (SSSR count). The van der Waals surface area contributed by atoms with Gasteiger partial charge in [0.2, 0.25) is 5.91 Å². The third-order valence-electron chi connectivity index (χ3n) is 3.45. The molecular formula is C17H20BrN3O. The fraction of sp³-hybridized carbons (Fsp3) is 0.294. The van der Waals surface area contributed by atoms with Crippen LogP contribution in [-0.4, -0.2) is 24.0 Å². The lowest BCUT2D eigenvalue weighted by atomic mass is 10.1. The lowest BCUT2D eigenvalue weighted by Crippen LogP contribution is -2.22. The molecule has 0 aliphatic rings. The van der Waals surface area contributed by atoms with E-state index in [1.807, 2.05) is 36.4 Å². The van der Waals surface area contributed by atoms with E-state index in [0.29, 0.717) is 12.2 Å². The molecule has 1 aromatic carbocycles. The summed E-state index contributed by atoms with van der Waals surface area (Å²) in [6.45, 7) is 6.09. The van der Waals surface area contributed by atoms with Crippen molar-refractivity contribution in [3.05, 3.63) is 52.6 Å². The van der Waals surface area contributed by atoms with Gasteiger partial charge in [0.25, 0.3) is 0 Å². The zero-order valence-electron chi connectivity index (χ0n) is 12.8. The van der Waals surface area contributed by atoms with Crippen LogP contribution in [0.1, 0.15) is 19.4 Å². The van der Waals surface area contributed by atoms with Crippen molar-refractivity contribution in [1.29, 1.82) is 0 Å². The molecule has 0 saturated carbocycles. The van der Waals surface area contributed by atoms with E-state index in [1.54, 1.807) is 6.20 Å². The fourth-order valence-electron chi connectivity index (χ4n) is 2.24. The van der Waals surface area contributed by atoms with Crippen LogP contribution in [0.25, 0.3) is 0 Å². The molecule has 0 unspecified atom stereocenters. The van der Waals surface area contributed by atoms with E-state index in [4.69, 9.17) is 0 Å². The van der Waals surface area contributed by atoms with Crippen molar-refractivity contribution in [2.75, 3.05) is 23.3 Å². The molecule has 1 heterocycles. The van der Waals surface area contributed by atoms with Gasteiger partial charge in [-0.1, -0.05) is 34.1 Å². The fourth-order valence-corrected chi connectivity index (χ4v) is 2.66. The van der Waals surface area contributed by atoms with E-state index in [1.165, 1.54) is 0 Å². The Morgan fingerprint density at radius 1 is 1.18 bits per heavy atom. The highest BCUT2D eigenvalue weighted by molar-refractivity contribution is 9.10. The minimum absolute atomic E-state index is 0.0741. The van der Waals surface area contributed by atoms with Gasteiger partial charge in [-0.25, -0.2) is 4.98 Å². The number of carbonyl (C=O) groups is 1. The summed E-state index contributed by atoms with van der Waals surface area (Å²) in [5.74, 6) is 0.503. The minimum Gasteiger partial charge on any atom is -0.371 e. The van der Waals surface area contributed by atoms with E-state index in [2.05, 4.69) is 45.0 Å². The van der Waals surface area contributed by atoms with Crippen LogP contribution in [0.4, 0.5) is 11.5 Å². The van der Waals surface area contributed by atoms with Crippen molar-refractivity contribution in [2.24, 2.45) is 0 Å². The summed E-state index contributed by atoms with van der Waals surface area (Å²) in [7, 11) is 0. The zero-order chi connectivity index (χ0) is 15.9. The van der Waals surface area contributed by atoms with Crippen molar-refractivity contribution in [3.8, 4) is 0 Å². The van der Waals surface area contributed by atoms with Crippen molar-refractivity contribution in [3.63, 3.8) is 0 Å². The molecule has 0 radical (unpaired) electrons. The molecule has 0 atom stereocenters. The van der Waals surface area contributed by atoms with E-state index in [0.717, 1.165) is 28.8 Å². The second kappa shape index (κ2) is 7.94. The monoisotopic (exact) mass is 361 g/mol. The second-order valence-corrected chi connectivity index (χ2v) is 5.74. The first-order chi connectivity index (χ1) is 10.6. The van der Waals surface area contributed by atoms with Gasteiger partial charge in [0, 0.05) is 17.6 Å². The number of benzene rings is 1. The summed E-state index contributed by atoms with van der Waals surface area (Å²) in [6.07, 6.45) is 2.11. The highest BCUT2D eigenvalue weighted by Crippen LogP contribution is 2.18. The third kappa shape index (κ3) is 4.31. The molecule has 116 valence electrons.